The van der Waals surface area contributed by atoms with E-state index in [1.807, 2.05) is 31.3 Å². The number of methoxy groups -OCH3 is 1. The molecule has 16 heavy (non-hydrogen) atoms. The molecular formula is C13H15NO2. The molecule has 3 heteroatoms. The number of carbonyl (C=O) groups excluding carboxylic acids is 1. The minimum Gasteiger partial charge on any atom is -0.469 e. The van der Waals surface area contributed by atoms with Gasteiger partial charge in [-0.05, 0) is 18.1 Å². The molecule has 0 saturated carbocycles. The van der Waals surface area contributed by atoms with Crippen molar-refractivity contribution in [2.45, 2.75) is 13.3 Å². The van der Waals surface area contributed by atoms with Gasteiger partial charge in [-0.25, -0.2) is 0 Å². The summed E-state index contributed by atoms with van der Waals surface area (Å²) in [5.74, 6) is -0.269. The highest BCUT2D eigenvalue weighted by atomic mass is 16.5. The average Bonchev–Trinajstić information content (AvgIpc) is 2.72. The number of para-hydroxylation sites is 1. The maximum atomic E-state index is 11.3. The van der Waals surface area contributed by atoms with Crippen LogP contribution in [0.25, 0.3) is 10.9 Å². The predicted molar refractivity (Wildman–Crippen MR) is 63.2 cm³/mol. The van der Waals surface area contributed by atoms with Crippen molar-refractivity contribution in [3.8, 4) is 0 Å². The molecule has 0 aliphatic carbocycles. The Morgan fingerprint density at radius 2 is 2.19 bits per heavy atom. The molecule has 0 saturated heterocycles. The molecule has 84 valence electrons. The minimum atomic E-state index is -0.162. The summed E-state index contributed by atoms with van der Waals surface area (Å²) in [6.45, 7) is 1.88. The monoisotopic (exact) mass is 217 g/mol. The third kappa shape index (κ3) is 1.94. The molecule has 1 atom stereocenters. The van der Waals surface area contributed by atoms with Gasteiger partial charge in [-0.3, -0.25) is 4.79 Å². The fourth-order valence-electron chi connectivity index (χ4n) is 1.91. The summed E-state index contributed by atoms with van der Waals surface area (Å²) in [6, 6.07) is 8.08. The first-order chi connectivity index (χ1) is 7.72. The van der Waals surface area contributed by atoms with Gasteiger partial charge < -0.3 is 9.72 Å². The molecular weight excluding hydrogens is 202 g/mol. The van der Waals surface area contributed by atoms with Crippen LogP contribution in [0.3, 0.4) is 0 Å². The van der Waals surface area contributed by atoms with E-state index in [-0.39, 0.29) is 11.9 Å². The fraction of sp³-hybridized carbons (Fsp3) is 0.308. The molecule has 0 fully saturated rings. The van der Waals surface area contributed by atoms with Crippen molar-refractivity contribution in [3.63, 3.8) is 0 Å². The summed E-state index contributed by atoms with van der Waals surface area (Å²) in [5.41, 5.74) is 2.27. The van der Waals surface area contributed by atoms with E-state index in [0.717, 1.165) is 11.1 Å². The van der Waals surface area contributed by atoms with Gasteiger partial charge >= 0.3 is 5.97 Å². The van der Waals surface area contributed by atoms with Gasteiger partial charge in [0.05, 0.1) is 13.0 Å². The normalized spacial score (nSPS) is 12.6. The number of benzene rings is 1. The summed E-state index contributed by atoms with van der Waals surface area (Å²) in [7, 11) is 1.42. The summed E-state index contributed by atoms with van der Waals surface area (Å²) < 4.78 is 4.72. The van der Waals surface area contributed by atoms with Crippen molar-refractivity contribution in [2.24, 2.45) is 5.92 Å². The second-order valence-electron chi connectivity index (χ2n) is 3.99. The lowest BCUT2D eigenvalue weighted by Crippen LogP contribution is -2.14. The standard InChI is InChI=1S/C13H15NO2/c1-9(13(15)16-2)7-10-8-14-12-6-4-3-5-11(10)12/h3-6,8-9,14H,7H2,1-2H3. The van der Waals surface area contributed by atoms with Crippen LogP contribution < -0.4 is 0 Å². The molecule has 1 heterocycles. The van der Waals surface area contributed by atoms with Crippen molar-refractivity contribution in [1.29, 1.82) is 0 Å². The molecule has 3 nitrogen and oxygen atoms in total. The van der Waals surface area contributed by atoms with E-state index in [9.17, 15) is 4.79 Å². The number of nitrogens with one attached hydrogen (secondary N) is 1. The first-order valence-electron chi connectivity index (χ1n) is 5.35. The Kier molecular flexibility index (Phi) is 2.95. The van der Waals surface area contributed by atoms with Gasteiger partial charge in [-0.15, -0.1) is 0 Å². The van der Waals surface area contributed by atoms with Gasteiger partial charge in [0, 0.05) is 17.1 Å². The van der Waals surface area contributed by atoms with Gasteiger partial charge in [0.2, 0.25) is 0 Å². The highest BCUT2D eigenvalue weighted by Gasteiger charge is 2.15. The zero-order valence-corrected chi connectivity index (χ0v) is 9.49. The Morgan fingerprint density at radius 3 is 2.94 bits per heavy atom. The smallest absolute Gasteiger partial charge is 0.308 e. The maximum absolute atomic E-state index is 11.3. The van der Waals surface area contributed by atoms with E-state index in [0.29, 0.717) is 6.42 Å². The number of hydrogen-bond acceptors (Lipinski definition) is 2. The first kappa shape index (κ1) is 10.7. The van der Waals surface area contributed by atoms with E-state index >= 15 is 0 Å². The van der Waals surface area contributed by atoms with E-state index in [1.165, 1.54) is 12.5 Å². The molecule has 0 aliphatic heterocycles. The zero-order chi connectivity index (χ0) is 11.5. The Labute approximate surface area is 94.4 Å². The minimum absolute atomic E-state index is 0.107. The molecule has 0 amide bonds. The van der Waals surface area contributed by atoms with Crippen molar-refractivity contribution in [2.75, 3.05) is 7.11 Å². The van der Waals surface area contributed by atoms with Crippen LogP contribution in [-0.4, -0.2) is 18.1 Å². The quantitative estimate of drug-likeness (QED) is 0.803. The number of H-pyrrole nitrogens is 1. The van der Waals surface area contributed by atoms with E-state index in [2.05, 4.69) is 11.1 Å². The molecule has 0 bridgehead atoms. The van der Waals surface area contributed by atoms with Crippen LogP contribution in [0.2, 0.25) is 0 Å². The molecule has 0 spiro atoms. The second kappa shape index (κ2) is 4.39. The van der Waals surface area contributed by atoms with Crippen LogP contribution in [0.1, 0.15) is 12.5 Å². The highest BCUT2D eigenvalue weighted by Crippen LogP contribution is 2.20. The van der Waals surface area contributed by atoms with Gasteiger partial charge in [0.1, 0.15) is 0 Å². The fourth-order valence-corrected chi connectivity index (χ4v) is 1.91. The van der Waals surface area contributed by atoms with Gasteiger partial charge in [0.15, 0.2) is 0 Å². The Morgan fingerprint density at radius 1 is 1.44 bits per heavy atom. The van der Waals surface area contributed by atoms with E-state index < -0.39 is 0 Å². The molecule has 2 aromatic rings. The number of aromatic nitrogens is 1. The summed E-state index contributed by atoms with van der Waals surface area (Å²) in [4.78, 5) is 14.5. The first-order valence-corrected chi connectivity index (χ1v) is 5.35. The topological polar surface area (TPSA) is 42.1 Å². The number of esters is 1. The molecule has 1 unspecified atom stereocenters. The van der Waals surface area contributed by atoms with Crippen LogP contribution in [0, 0.1) is 5.92 Å². The largest absolute Gasteiger partial charge is 0.469 e. The summed E-state index contributed by atoms with van der Waals surface area (Å²) in [6.07, 6.45) is 2.67. The predicted octanol–water partition coefficient (Wildman–Crippen LogP) is 2.52. The third-order valence-corrected chi connectivity index (χ3v) is 2.80. The van der Waals surface area contributed by atoms with Crippen LogP contribution in [0.5, 0.6) is 0 Å². The van der Waals surface area contributed by atoms with E-state index in [4.69, 9.17) is 4.74 Å². The Bertz CT molecular complexity index is 501. The van der Waals surface area contributed by atoms with Crippen molar-refractivity contribution in [1.82, 2.24) is 4.98 Å². The third-order valence-electron chi connectivity index (χ3n) is 2.80. The van der Waals surface area contributed by atoms with Crippen molar-refractivity contribution >= 4 is 16.9 Å². The number of ether oxygens (including phenoxy) is 1. The lowest BCUT2D eigenvalue weighted by atomic mass is 10.0. The molecule has 1 aromatic carbocycles. The number of hydrogen-bond donors (Lipinski definition) is 1. The van der Waals surface area contributed by atoms with Gasteiger partial charge in [-0.1, -0.05) is 25.1 Å². The van der Waals surface area contributed by atoms with Crippen molar-refractivity contribution < 1.29 is 9.53 Å². The molecule has 1 aromatic heterocycles. The van der Waals surface area contributed by atoms with Crippen LogP contribution in [-0.2, 0) is 16.0 Å². The summed E-state index contributed by atoms with van der Waals surface area (Å²) in [5, 5.41) is 1.18. The zero-order valence-electron chi connectivity index (χ0n) is 9.49. The van der Waals surface area contributed by atoms with Gasteiger partial charge in [0.25, 0.3) is 0 Å². The lowest BCUT2D eigenvalue weighted by Gasteiger charge is -2.07. The Balaban J connectivity index is 2.24. The van der Waals surface area contributed by atoms with Crippen LogP contribution in [0.15, 0.2) is 30.5 Å². The lowest BCUT2D eigenvalue weighted by molar-refractivity contribution is -0.144. The molecule has 1 N–H and O–H groups in total. The van der Waals surface area contributed by atoms with Crippen LogP contribution >= 0.6 is 0 Å². The maximum Gasteiger partial charge on any atom is 0.308 e. The highest BCUT2D eigenvalue weighted by molar-refractivity contribution is 5.83. The van der Waals surface area contributed by atoms with Gasteiger partial charge in [-0.2, -0.15) is 0 Å². The number of fused-ring (bicyclic) bond motifs is 1. The SMILES string of the molecule is COC(=O)C(C)Cc1c[nH]c2ccccc12. The molecule has 0 aliphatic rings. The Hall–Kier alpha value is -1.77. The number of aromatic amines is 1. The summed E-state index contributed by atoms with van der Waals surface area (Å²) >= 11 is 0. The van der Waals surface area contributed by atoms with E-state index in [1.54, 1.807) is 0 Å². The second-order valence-corrected chi connectivity index (χ2v) is 3.99. The number of rotatable bonds is 3. The van der Waals surface area contributed by atoms with Crippen LogP contribution in [0.4, 0.5) is 0 Å². The van der Waals surface area contributed by atoms with Crippen molar-refractivity contribution in [3.05, 3.63) is 36.0 Å². The average molecular weight is 217 g/mol. The number of carbonyl (C=O) groups is 1. The molecule has 0 radical (unpaired) electrons. The molecule has 2 rings (SSSR count).